The summed E-state index contributed by atoms with van der Waals surface area (Å²) < 4.78 is 0. The van der Waals surface area contributed by atoms with E-state index in [2.05, 4.69) is 199 Å². The zero-order valence-corrected chi connectivity index (χ0v) is 34.1. The van der Waals surface area contributed by atoms with E-state index in [1.54, 1.807) is 5.56 Å². The van der Waals surface area contributed by atoms with Crippen LogP contribution in [-0.2, 0) is 5.41 Å². The van der Waals surface area contributed by atoms with Gasteiger partial charge in [0.05, 0.1) is 5.69 Å². The molecule has 0 N–H and O–H groups in total. The lowest BCUT2D eigenvalue weighted by atomic mass is 9.50. The SMILES string of the molecule is c1ccc(-c2ccc3ccc(-c4ccc(N(c5ccc(C67CCC8CCC(CC8C6)C7)cc5)c5ccc(-c6cccc7ccccc67)c6ccccc56)cc4)cc3c2)cc1. The molecule has 60 heavy (non-hydrogen) atoms. The van der Waals surface area contributed by atoms with Crippen molar-refractivity contribution < 1.29 is 0 Å². The van der Waals surface area contributed by atoms with E-state index in [1.165, 1.54) is 122 Å². The summed E-state index contributed by atoms with van der Waals surface area (Å²) in [5.41, 5.74) is 12.9. The Balaban J connectivity index is 0.962. The van der Waals surface area contributed by atoms with Gasteiger partial charge in [-0.3, -0.25) is 0 Å². The van der Waals surface area contributed by atoms with Crippen molar-refractivity contribution >= 4 is 49.4 Å². The maximum absolute atomic E-state index is 2.50. The fourth-order valence-corrected chi connectivity index (χ4v) is 12.0. The predicted octanol–water partition coefficient (Wildman–Crippen LogP) is 16.5. The summed E-state index contributed by atoms with van der Waals surface area (Å²) in [5, 5.41) is 7.57. The average molecular weight is 772 g/mol. The van der Waals surface area contributed by atoms with Gasteiger partial charge >= 0.3 is 0 Å². The Morgan fingerprint density at radius 1 is 0.400 bits per heavy atom. The normalized spacial score (nSPS) is 20.8. The molecule has 0 radical (unpaired) electrons. The highest BCUT2D eigenvalue weighted by atomic mass is 15.1. The van der Waals surface area contributed by atoms with Crippen LogP contribution >= 0.6 is 0 Å². The minimum Gasteiger partial charge on any atom is -0.310 e. The fraction of sp³-hybridized carbons (Fsp3) is 0.186. The third kappa shape index (κ3) is 6.05. The summed E-state index contributed by atoms with van der Waals surface area (Å²) in [6.07, 6.45) is 9.94. The molecule has 0 aromatic heterocycles. The molecule has 3 saturated carbocycles. The highest BCUT2D eigenvalue weighted by Crippen LogP contribution is 2.59. The first kappa shape index (κ1) is 35.5. The second-order valence-corrected chi connectivity index (χ2v) is 18.2. The van der Waals surface area contributed by atoms with Gasteiger partial charge in [0.2, 0.25) is 0 Å². The van der Waals surface area contributed by atoms with E-state index in [4.69, 9.17) is 0 Å². The Hall–Kier alpha value is -6.44. The Kier molecular flexibility index (Phi) is 8.51. The second kappa shape index (κ2) is 14.4. The van der Waals surface area contributed by atoms with Crippen molar-refractivity contribution in [2.24, 2.45) is 17.8 Å². The molecule has 12 rings (SSSR count). The molecule has 9 aromatic carbocycles. The molecule has 0 spiro atoms. The lowest BCUT2D eigenvalue weighted by Gasteiger charge is -2.55. The Morgan fingerprint density at radius 3 is 1.82 bits per heavy atom. The zero-order chi connectivity index (χ0) is 39.6. The highest BCUT2D eigenvalue weighted by Gasteiger charge is 2.49. The van der Waals surface area contributed by atoms with Gasteiger partial charge in [-0.25, -0.2) is 0 Å². The molecule has 3 fully saturated rings. The van der Waals surface area contributed by atoms with E-state index in [1.807, 2.05) is 0 Å². The van der Waals surface area contributed by atoms with Gasteiger partial charge < -0.3 is 4.90 Å². The number of hydrogen-bond donors (Lipinski definition) is 0. The van der Waals surface area contributed by atoms with Gasteiger partial charge in [0.25, 0.3) is 0 Å². The monoisotopic (exact) mass is 771 g/mol. The predicted molar refractivity (Wildman–Crippen MR) is 254 cm³/mol. The Bertz CT molecular complexity index is 3020. The average Bonchev–Trinajstić information content (AvgIpc) is 3.31. The van der Waals surface area contributed by atoms with Gasteiger partial charge in [-0.1, -0.05) is 158 Å². The molecule has 3 aliphatic carbocycles. The largest absolute Gasteiger partial charge is 0.310 e. The standard InChI is InChI=1S/C59H49N/c1-2-9-41(10-3-1)46-21-19-43-20-22-47(37-48(43)36-46)42-23-27-51(28-24-42)60(52-29-25-50(26-30-52)59-34-33-44-18-17-40(38-59)35-49(44)39-59)58-32-31-56(55-14-6-7-15-57(55)58)54-16-8-12-45-11-4-5-13-53(45)54/h1-16,19-32,36-37,40,44,49H,17-18,33-35,38-39H2. The summed E-state index contributed by atoms with van der Waals surface area (Å²) >= 11 is 0. The van der Waals surface area contributed by atoms with Crippen LogP contribution in [0.2, 0.25) is 0 Å². The molecule has 0 heterocycles. The molecule has 3 aliphatic rings. The minimum atomic E-state index is 0.351. The van der Waals surface area contributed by atoms with Gasteiger partial charge in [-0.15, -0.1) is 0 Å². The first-order valence-corrected chi connectivity index (χ1v) is 22.3. The lowest BCUT2D eigenvalue weighted by molar-refractivity contribution is 0.00964. The summed E-state index contributed by atoms with van der Waals surface area (Å²) in [5.74, 6) is 2.81. The van der Waals surface area contributed by atoms with Gasteiger partial charge in [0.1, 0.15) is 0 Å². The van der Waals surface area contributed by atoms with Crippen LogP contribution in [-0.4, -0.2) is 0 Å². The van der Waals surface area contributed by atoms with Gasteiger partial charge in [-0.2, -0.15) is 0 Å². The summed E-state index contributed by atoms with van der Waals surface area (Å²) in [4.78, 5) is 2.50. The molecule has 290 valence electrons. The van der Waals surface area contributed by atoms with Crippen molar-refractivity contribution in [2.45, 2.75) is 50.4 Å². The number of anilines is 3. The van der Waals surface area contributed by atoms with E-state index >= 15 is 0 Å². The third-order valence-corrected chi connectivity index (χ3v) is 14.9. The molecule has 4 unspecified atom stereocenters. The minimum absolute atomic E-state index is 0.351. The van der Waals surface area contributed by atoms with Crippen LogP contribution < -0.4 is 4.90 Å². The number of hydrogen-bond acceptors (Lipinski definition) is 1. The fourth-order valence-electron chi connectivity index (χ4n) is 12.0. The highest BCUT2D eigenvalue weighted by molar-refractivity contribution is 6.10. The van der Waals surface area contributed by atoms with Crippen LogP contribution in [0.1, 0.15) is 50.5 Å². The van der Waals surface area contributed by atoms with Gasteiger partial charge in [0, 0.05) is 16.8 Å². The van der Waals surface area contributed by atoms with Crippen molar-refractivity contribution in [2.75, 3.05) is 4.90 Å². The molecule has 4 atom stereocenters. The van der Waals surface area contributed by atoms with Crippen LogP contribution in [0.15, 0.2) is 194 Å². The van der Waals surface area contributed by atoms with Crippen molar-refractivity contribution in [3.05, 3.63) is 200 Å². The molecule has 3 bridgehead atoms. The maximum Gasteiger partial charge on any atom is 0.0540 e. The second-order valence-electron chi connectivity index (χ2n) is 18.2. The first-order valence-electron chi connectivity index (χ1n) is 22.3. The molecule has 1 heteroatoms. The van der Waals surface area contributed by atoms with Crippen molar-refractivity contribution in [3.63, 3.8) is 0 Å². The molecular weight excluding hydrogens is 723 g/mol. The quantitative estimate of drug-likeness (QED) is 0.156. The van der Waals surface area contributed by atoms with Gasteiger partial charge in [-0.05, 0) is 170 Å². The first-order chi connectivity index (χ1) is 29.7. The van der Waals surface area contributed by atoms with Crippen molar-refractivity contribution in [1.29, 1.82) is 0 Å². The topological polar surface area (TPSA) is 3.24 Å². The van der Waals surface area contributed by atoms with E-state index in [-0.39, 0.29) is 0 Å². The molecular formula is C59H49N. The Morgan fingerprint density at radius 2 is 1.03 bits per heavy atom. The number of benzene rings is 9. The molecule has 9 aromatic rings. The van der Waals surface area contributed by atoms with Crippen LogP contribution in [0.25, 0.3) is 65.7 Å². The van der Waals surface area contributed by atoms with E-state index in [9.17, 15) is 0 Å². The van der Waals surface area contributed by atoms with Crippen LogP contribution in [0.3, 0.4) is 0 Å². The molecule has 0 aliphatic heterocycles. The third-order valence-electron chi connectivity index (χ3n) is 14.9. The van der Waals surface area contributed by atoms with Crippen molar-refractivity contribution in [1.82, 2.24) is 0 Å². The van der Waals surface area contributed by atoms with E-state index < -0.39 is 0 Å². The lowest BCUT2D eigenvalue weighted by Crippen LogP contribution is -2.46. The summed E-state index contributed by atoms with van der Waals surface area (Å²) in [6.45, 7) is 0. The van der Waals surface area contributed by atoms with E-state index in [0.29, 0.717) is 5.41 Å². The Labute approximate surface area is 354 Å². The molecule has 0 amide bonds. The number of fused-ring (bicyclic) bond motifs is 5. The smallest absolute Gasteiger partial charge is 0.0540 e. The van der Waals surface area contributed by atoms with Crippen molar-refractivity contribution in [3.8, 4) is 33.4 Å². The van der Waals surface area contributed by atoms with Crippen LogP contribution in [0, 0.1) is 17.8 Å². The van der Waals surface area contributed by atoms with E-state index in [0.717, 1.165) is 23.4 Å². The van der Waals surface area contributed by atoms with Gasteiger partial charge in [0.15, 0.2) is 0 Å². The zero-order valence-electron chi connectivity index (χ0n) is 34.1. The number of rotatable bonds is 7. The van der Waals surface area contributed by atoms with Crippen LogP contribution in [0.5, 0.6) is 0 Å². The molecule has 0 saturated heterocycles. The maximum atomic E-state index is 2.50. The summed E-state index contributed by atoms with van der Waals surface area (Å²) in [7, 11) is 0. The van der Waals surface area contributed by atoms with Crippen LogP contribution in [0.4, 0.5) is 17.1 Å². The number of nitrogens with zero attached hydrogens (tertiary/aromatic N) is 1. The summed E-state index contributed by atoms with van der Waals surface area (Å²) in [6, 6.07) is 72.6. The molecule has 1 nitrogen and oxygen atoms in total.